The van der Waals surface area contributed by atoms with Gasteiger partial charge < -0.3 is 4.90 Å². The minimum Gasteiger partial charge on any atom is -0.301 e. The molecule has 0 amide bonds. The average Bonchev–Trinajstić information content (AvgIpc) is 2.43. The van der Waals surface area contributed by atoms with E-state index in [1.807, 2.05) is 0 Å². The van der Waals surface area contributed by atoms with Crippen molar-refractivity contribution in [1.29, 1.82) is 0 Å². The van der Waals surface area contributed by atoms with Crippen LogP contribution in [0, 0.1) is 0 Å². The molecule has 0 heterocycles. The van der Waals surface area contributed by atoms with Gasteiger partial charge in [0, 0.05) is 6.04 Å². The Morgan fingerprint density at radius 2 is 1.00 bits per heavy atom. The fourth-order valence-corrected chi connectivity index (χ4v) is 2.94. The smallest absolute Gasteiger partial charge is 0.00384 e. The maximum atomic E-state index is 2.58. The Morgan fingerprint density at radius 3 is 1.33 bits per heavy atom. The molecule has 0 aromatic carbocycles. The summed E-state index contributed by atoms with van der Waals surface area (Å²) >= 11 is 0. The molecule has 0 fully saturated rings. The number of unbranched alkanes of at least 4 members (excludes halogenated alkanes) is 11. The van der Waals surface area contributed by atoms with Crippen molar-refractivity contribution >= 4 is 12.4 Å². The highest BCUT2D eigenvalue weighted by molar-refractivity contribution is 5.85. The Balaban J connectivity index is 0. The Kier molecular flexibility index (Phi) is 20.5. The van der Waals surface area contributed by atoms with Crippen LogP contribution in [0.3, 0.4) is 0 Å². The molecule has 0 aliphatic rings. The third-order valence-electron chi connectivity index (χ3n) is 4.44. The number of hydrogen-bond donors (Lipinski definition) is 0. The standard InChI is InChI=1S/C19H41N.ClH/c1-5-7-8-9-10-11-12-13-14-15-16-17-18-20(6-2)19(3)4;/h19H,5-18H2,1-4H3;1H. The molecule has 0 saturated carbocycles. The molecular formula is C19H42ClN. The van der Waals surface area contributed by atoms with E-state index in [1.165, 1.54) is 90.1 Å². The summed E-state index contributed by atoms with van der Waals surface area (Å²) in [6.45, 7) is 11.7. The first-order valence-electron chi connectivity index (χ1n) is 9.46. The minimum atomic E-state index is 0. The lowest BCUT2D eigenvalue weighted by molar-refractivity contribution is 0.228. The monoisotopic (exact) mass is 319 g/mol. The van der Waals surface area contributed by atoms with Gasteiger partial charge in [0.05, 0.1) is 0 Å². The van der Waals surface area contributed by atoms with Crippen LogP contribution in [-0.4, -0.2) is 24.0 Å². The topological polar surface area (TPSA) is 3.24 Å². The Morgan fingerprint density at radius 1 is 0.619 bits per heavy atom. The molecule has 0 bridgehead atoms. The minimum absolute atomic E-state index is 0. The van der Waals surface area contributed by atoms with Crippen LogP contribution in [0.4, 0.5) is 0 Å². The lowest BCUT2D eigenvalue weighted by atomic mass is 10.1. The summed E-state index contributed by atoms with van der Waals surface area (Å²) in [4.78, 5) is 2.58. The van der Waals surface area contributed by atoms with E-state index in [9.17, 15) is 0 Å². The summed E-state index contributed by atoms with van der Waals surface area (Å²) in [7, 11) is 0. The molecule has 0 aliphatic carbocycles. The molecule has 0 aliphatic heterocycles. The normalized spacial score (nSPS) is 11.1. The lowest BCUT2D eigenvalue weighted by Gasteiger charge is -2.24. The van der Waals surface area contributed by atoms with Gasteiger partial charge in [0.25, 0.3) is 0 Å². The molecule has 0 saturated heterocycles. The van der Waals surface area contributed by atoms with E-state index in [0.717, 1.165) is 0 Å². The summed E-state index contributed by atoms with van der Waals surface area (Å²) in [5.74, 6) is 0. The first-order chi connectivity index (χ1) is 9.72. The first kappa shape index (κ1) is 23.5. The second-order valence-corrected chi connectivity index (χ2v) is 6.61. The van der Waals surface area contributed by atoms with Gasteiger partial charge in [0.15, 0.2) is 0 Å². The molecule has 0 aromatic heterocycles. The van der Waals surface area contributed by atoms with Crippen LogP contribution in [0.25, 0.3) is 0 Å². The zero-order valence-electron chi connectivity index (χ0n) is 15.3. The van der Waals surface area contributed by atoms with Crippen molar-refractivity contribution in [3.63, 3.8) is 0 Å². The predicted octanol–water partition coefficient (Wildman–Crippen LogP) is 6.84. The van der Waals surface area contributed by atoms with Gasteiger partial charge in [0.1, 0.15) is 0 Å². The van der Waals surface area contributed by atoms with Gasteiger partial charge in [-0.2, -0.15) is 0 Å². The molecule has 21 heavy (non-hydrogen) atoms. The summed E-state index contributed by atoms with van der Waals surface area (Å²) < 4.78 is 0. The maximum absolute atomic E-state index is 2.58. The lowest BCUT2D eigenvalue weighted by Crippen LogP contribution is -2.31. The average molecular weight is 320 g/mol. The van der Waals surface area contributed by atoms with Gasteiger partial charge in [-0.1, -0.05) is 84.5 Å². The van der Waals surface area contributed by atoms with Gasteiger partial charge in [0.2, 0.25) is 0 Å². The van der Waals surface area contributed by atoms with Crippen molar-refractivity contribution < 1.29 is 0 Å². The van der Waals surface area contributed by atoms with Gasteiger partial charge in [-0.05, 0) is 33.4 Å². The molecule has 2 heteroatoms. The quantitative estimate of drug-likeness (QED) is 0.299. The third-order valence-corrected chi connectivity index (χ3v) is 4.44. The van der Waals surface area contributed by atoms with Gasteiger partial charge in [-0.15, -0.1) is 12.4 Å². The van der Waals surface area contributed by atoms with E-state index < -0.39 is 0 Å². The van der Waals surface area contributed by atoms with Crippen molar-refractivity contribution in [3.05, 3.63) is 0 Å². The zero-order chi connectivity index (χ0) is 15.1. The summed E-state index contributed by atoms with van der Waals surface area (Å²) in [6, 6.07) is 0.715. The molecule has 130 valence electrons. The van der Waals surface area contributed by atoms with Crippen LogP contribution in [0.5, 0.6) is 0 Å². The SMILES string of the molecule is CCCCCCCCCCCCCCN(CC)C(C)C.Cl. The second-order valence-electron chi connectivity index (χ2n) is 6.61. The predicted molar refractivity (Wildman–Crippen MR) is 101 cm³/mol. The van der Waals surface area contributed by atoms with E-state index in [1.54, 1.807) is 0 Å². The fraction of sp³-hybridized carbons (Fsp3) is 1.00. The van der Waals surface area contributed by atoms with Crippen LogP contribution in [0.1, 0.15) is 105 Å². The van der Waals surface area contributed by atoms with E-state index in [4.69, 9.17) is 0 Å². The van der Waals surface area contributed by atoms with Crippen molar-refractivity contribution in [1.82, 2.24) is 4.90 Å². The molecular weight excluding hydrogens is 278 g/mol. The summed E-state index contributed by atoms with van der Waals surface area (Å²) in [5, 5.41) is 0. The largest absolute Gasteiger partial charge is 0.301 e. The second kappa shape index (κ2) is 18.3. The van der Waals surface area contributed by atoms with Gasteiger partial charge in [-0.3, -0.25) is 0 Å². The molecule has 0 spiro atoms. The zero-order valence-corrected chi connectivity index (χ0v) is 16.1. The van der Waals surface area contributed by atoms with Crippen LogP contribution < -0.4 is 0 Å². The van der Waals surface area contributed by atoms with Crippen LogP contribution in [0.2, 0.25) is 0 Å². The van der Waals surface area contributed by atoms with Crippen LogP contribution >= 0.6 is 12.4 Å². The highest BCUT2D eigenvalue weighted by Crippen LogP contribution is 2.12. The molecule has 0 rings (SSSR count). The van der Waals surface area contributed by atoms with Gasteiger partial charge in [-0.25, -0.2) is 0 Å². The Hall–Kier alpha value is 0.250. The molecule has 0 unspecified atom stereocenters. The number of halogens is 1. The Labute approximate surface area is 141 Å². The third kappa shape index (κ3) is 16.4. The highest BCUT2D eigenvalue weighted by atomic mass is 35.5. The van der Waals surface area contributed by atoms with E-state index in [0.29, 0.717) is 6.04 Å². The van der Waals surface area contributed by atoms with Gasteiger partial charge >= 0.3 is 0 Å². The molecule has 0 N–H and O–H groups in total. The highest BCUT2D eigenvalue weighted by Gasteiger charge is 2.05. The fourth-order valence-electron chi connectivity index (χ4n) is 2.94. The molecule has 0 atom stereocenters. The molecule has 1 nitrogen and oxygen atoms in total. The van der Waals surface area contributed by atoms with Crippen LogP contribution in [-0.2, 0) is 0 Å². The first-order valence-corrected chi connectivity index (χ1v) is 9.46. The number of nitrogens with zero attached hydrogens (tertiary/aromatic N) is 1. The van der Waals surface area contributed by atoms with Crippen molar-refractivity contribution in [2.24, 2.45) is 0 Å². The van der Waals surface area contributed by atoms with Crippen molar-refractivity contribution in [2.75, 3.05) is 13.1 Å². The number of hydrogen-bond acceptors (Lipinski definition) is 1. The maximum Gasteiger partial charge on any atom is 0.00384 e. The molecule has 0 radical (unpaired) electrons. The van der Waals surface area contributed by atoms with E-state index >= 15 is 0 Å². The van der Waals surface area contributed by atoms with Crippen molar-refractivity contribution in [3.8, 4) is 0 Å². The molecule has 0 aromatic rings. The van der Waals surface area contributed by atoms with E-state index in [-0.39, 0.29) is 12.4 Å². The summed E-state index contributed by atoms with van der Waals surface area (Å²) in [6.07, 6.45) is 17.3. The van der Waals surface area contributed by atoms with E-state index in [2.05, 4.69) is 32.6 Å². The number of rotatable bonds is 15. The van der Waals surface area contributed by atoms with Crippen molar-refractivity contribution in [2.45, 2.75) is 111 Å². The Bertz CT molecular complexity index is 182. The van der Waals surface area contributed by atoms with Crippen LogP contribution in [0.15, 0.2) is 0 Å². The summed E-state index contributed by atoms with van der Waals surface area (Å²) in [5.41, 5.74) is 0.